The van der Waals surface area contributed by atoms with Crippen molar-refractivity contribution < 1.29 is 4.42 Å². The fourth-order valence-corrected chi connectivity index (χ4v) is 3.70. The van der Waals surface area contributed by atoms with Gasteiger partial charge < -0.3 is 8.98 Å². The van der Waals surface area contributed by atoms with Crippen molar-refractivity contribution in [3.8, 4) is 0 Å². The van der Waals surface area contributed by atoms with Gasteiger partial charge in [-0.05, 0) is 42.3 Å². The van der Waals surface area contributed by atoms with E-state index in [-0.39, 0.29) is 6.04 Å². The maximum Gasteiger partial charge on any atom is 0.117 e. The number of hydrogen-bond donors (Lipinski definition) is 0. The van der Waals surface area contributed by atoms with E-state index in [0.29, 0.717) is 0 Å². The fourth-order valence-electron chi connectivity index (χ4n) is 3.47. The van der Waals surface area contributed by atoms with E-state index in [9.17, 15) is 0 Å². The van der Waals surface area contributed by atoms with Crippen LogP contribution in [0.1, 0.15) is 29.5 Å². The Kier molecular flexibility index (Phi) is 3.98. The van der Waals surface area contributed by atoms with Gasteiger partial charge in [0.1, 0.15) is 5.76 Å². The van der Waals surface area contributed by atoms with Gasteiger partial charge in [-0.25, -0.2) is 0 Å². The molecule has 1 aliphatic rings. The van der Waals surface area contributed by atoms with E-state index in [4.69, 9.17) is 16.0 Å². The Hall–Kier alpha value is -1.97. The zero-order valence-corrected chi connectivity index (χ0v) is 13.6. The van der Waals surface area contributed by atoms with Crippen LogP contribution in [-0.4, -0.2) is 16.0 Å². The average molecular weight is 327 g/mol. The molecule has 3 aromatic rings. The van der Waals surface area contributed by atoms with Crippen molar-refractivity contribution in [2.45, 2.75) is 25.6 Å². The molecule has 0 amide bonds. The second-order valence-electron chi connectivity index (χ2n) is 5.95. The molecule has 0 saturated carbocycles. The summed E-state index contributed by atoms with van der Waals surface area (Å²) in [7, 11) is 0. The van der Waals surface area contributed by atoms with E-state index < -0.39 is 0 Å². The summed E-state index contributed by atoms with van der Waals surface area (Å²) in [5.41, 5.74) is 2.45. The highest BCUT2D eigenvalue weighted by Crippen LogP contribution is 2.36. The molecule has 0 saturated heterocycles. The third kappa shape index (κ3) is 2.82. The predicted octanol–water partition coefficient (Wildman–Crippen LogP) is 4.73. The highest BCUT2D eigenvalue weighted by atomic mass is 35.5. The Labute approximate surface area is 141 Å². The first-order valence-electron chi connectivity index (χ1n) is 7.99. The molecule has 1 aliphatic heterocycles. The van der Waals surface area contributed by atoms with Crippen molar-refractivity contribution in [1.29, 1.82) is 0 Å². The first-order valence-corrected chi connectivity index (χ1v) is 8.36. The largest absolute Gasteiger partial charge is 0.468 e. The molecule has 23 heavy (non-hydrogen) atoms. The number of hydrogen-bond acceptors (Lipinski definition) is 2. The second-order valence-corrected chi connectivity index (χ2v) is 6.36. The first kappa shape index (κ1) is 14.6. The van der Waals surface area contributed by atoms with Gasteiger partial charge in [0.2, 0.25) is 0 Å². The maximum atomic E-state index is 6.53. The van der Waals surface area contributed by atoms with E-state index >= 15 is 0 Å². The molecule has 1 aromatic carbocycles. The van der Waals surface area contributed by atoms with Gasteiger partial charge in [0, 0.05) is 30.0 Å². The molecule has 0 spiro atoms. The van der Waals surface area contributed by atoms with Crippen molar-refractivity contribution in [2.24, 2.45) is 0 Å². The summed E-state index contributed by atoms with van der Waals surface area (Å²) in [6, 6.07) is 16.6. The third-order valence-electron chi connectivity index (χ3n) is 4.49. The molecule has 118 valence electrons. The standard InChI is InChI=1S/C19H19ClN2O/c20-17-8-2-1-7-16(17)19-18-9-3-10-21(18)11-5-12-22(19)14-15-6-4-13-23-15/h1-4,6-10,13,19H,5,11-12,14H2. The van der Waals surface area contributed by atoms with Crippen molar-refractivity contribution in [2.75, 3.05) is 6.54 Å². The lowest BCUT2D eigenvalue weighted by Gasteiger charge is -2.30. The monoisotopic (exact) mass is 326 g/mol. The van der Waals surface area contributed by atoms with Crippen LogP contribution in [0.4, 0.5) is 0 Å². The molecule has 1 atom stereocenters. The number of fused-ring (bicyclic) bond motifs is 1. The molecule has 0 N–H and O–H groups in total. The first-order chi connectivity index (χ1) is 11.3. The van der Waals surface area contributed by atoms with E-state index in [1.54, 1.807) is 6.26 Å². The van der Waals surface area contributed by atoms with Crippen molar-refractivity contribution in [1.82, 2.24) is 9.47 Å². The van der Waals surface area contributed by atoms with Crippen LogP contribution in [0.5, 0.6) is 0 Å². The van der Waals surface area contributed by atoms with Gasteiger partial charge in [0.05, 0.1) is 18.8 Å². The zero-order chi connectivity index (χ0) is 15.6. The molecule has 2 aromatic heterocycles. The lowest BCUT2D eigenvalue weighted by atomic mass is 10.0. The Morgan fingerprint density at radius 3 is 2.78 bits per heavy atom. The molecule has 1 unspecified atom stereocenters. The average Bonchev–Trinajstić information content (AvgIpc) is 3.19. The van der Waals surface area contributed by atoms with Crippen LogP contribution in [-0.2, 0) is 13.1 Å². The molecular formula is C19H19ClN2O. The Morgan fingerprint density at radius 2 is 1.96 bits per heavy atom. The van der Waals surface area contributed by atoms with Gasteiger partial charge >= 0.3 is 0 Å². The molecule has 0 radical (unpaired) electrons. The number of nitrogens with zero attached hydrogens (tertiary/aromatic N) is 2. The minimum absolute atomic E-state index is 0.145. The normalized spacial score (nSPS) is 18.6. The molecule has 4 rings (SSSR count). The second kappa shape index (κ2) is 6.26. The Bertz CT molecular complexity index is 778. The quantitative estimate of drug-likeness (QED) is 0.694. The summed E-state index contributed by atoms with van der Waals surface area (Å²) in [5, 5.41) is 0.816. The lowest BCUT2D eigenvalue weighted by Crippen LogP contribution is -2.29. The summed E-state index contributed by atoms with van der Waals surface area (Å²) in [6.07, 6.45) is 5.01. The van der Waals surface area contributed by atoms with Crippen LogP contribution in [0.25, 0.3) is 0 Å². The van der Waals surface area contributed by atoms with Crippen LogP contribution in [0.15, 0.2) is 65.4 Å². The van der Waals surface area contributed by atoms with Crippen LogP contribution >= 0.6 is 11.6 Å². The van der Waals surface area contributed by atoms with Crippen molar-refractivity contribution in [3.05, 3.63) is 83.0 Å². The molecule has 0 aliphatic carbocycles. The van der Waals surface area contributed by atoms with E-state index in [0.717, 1.165) is 42.4 Å². The van der Waals surface area contributed by atoms with E-state index in [1.165, 1.54) is 5.69 Å². The summed E-state index contributed by atoms with van der Waals surface area (Å²) >= 11 is 6.53. The fraction of sp³-hybridized carbons (Fsp3) is 0.263. The molecule has 4 heteroatoms. The number of aromatic nitrogens is 1. The lowest BCUT2D eigenvalue weighted by molar-refractivity contribution is 0.203. The minimum atomic E-state index is 0.145. The van der Waals surface area contributed by atoms with Gasteiger partial charge in [0.15, 0.2) is 0 Å². The predicted molar refractivity (Wildman–Crippen MR) is 91.5 cm³/mol. The van der Waals surface area contributed by atoms with Gasteiger partial charge in [-0.2, -0.15) is 0 Å². The number of halogens is 1. The van der Waals surface area contributed by atoms with Crippen LogP contribution in [0, 0.1) is 0 Å². The molecule has 3 nitrogen and oxygen atoms in total. The van der Waals surface area contributed by atoms with Gasteiger partial charge in [-0.1, -0.05) is 29.8 Å². The van der Waals surface area contributed by atoms with Gasteiger partial charge in [-0.3, -0.25) is 4.90 Å². The Balaban J connectivity index is 1.79. The highest BCUT2D eigenvalue weighted by molar-refractivity contribution is 6.31. The number of furan rings is 1. The molecule has 0 bridgehead atoms. The van der Waals surface area contributed by atoms with Crippen LogP contribution in [0.3, 0.4) is 0 Å². The number of aryl methyl sites for hydroxylation is 1. The Morgan fingerprint density at radius 1 is 1.04 bits per heavy atom. The molecular weight excluding hydrogens is 308 g/mol. The number of benzene rings is 1. The zero-order valence-electron chi connectivity index (χ0n) is 12.9. The number of rotatable bonds is 3. The van der Waals surface area contributed by atoms with Crippen LogP contribution in [0.2, 0.25) is 5.02 Å². The minimum Gasteiger partial charge on any atom is -0.468 e. The summed E-state index contributed by atoms with van der Waals surface area (Å²) in [6.45, 7) is 2.84. The van der Waals surface area contributed by atoms with Gasteiger partial charge in [0.25, 0.3) is 0 Å². The smallest absolute Gasteiger partial charge is 0.117 e. The summed E-state index contributed by atoms with van der Waals surface area (Å²) in [5.74, 6) is 0.988. The topological polar surface area (TPSA) is 21.3 Å². The maximum absolute atomic E-state index is 6.53. The van der Waals surface area contributed by atoms with Crippen molar-refractivity contribution in [3.63, 3.8) is 0 Å². The summed E-state index contributed by atoms with van der Waals surface area (Å²) in [4.78, 5) is 2.46. The molecule has 3 heterocycles. The highest BCUT2D eigenvalue weighted by Gasteiger charge is 2.29. The molecule has 0 fully saturated rings. The van der Waals surface area contributed by atoms with Crippen LogP contribution < -0.4 is 0 Å². The van der Waals surface area contributed by atoms with E-state index in [1.807, 2.05) is 24.3 Å². The van der Waals surface area contributed by atoms with Crippen molar-refractivity contribution >= 4 is 11.6 Å². The third-order valence-corrected chi connectivity index (χ3v) is 4.84. The van der Waals surface area contributed by atoms with E-state index in [2.05, 4.69) is 39.9 Å². The SMILES string of the molecule is Clc1ccccc1C1c2cccn2CCCN1Cc1ccco1. The summed E-state index contributed by atoms with van der Waals surface area (Å²) < 4.78 is 7.92. The van der Waals surface area contributed by atoms with Gasteiger partial charge in [-0.15, -0.1) is 0 Å².